The van der Waals surface area contributed by atoms with E-state index in [0.29, 0.717) is 6.54 Å². The molecule has 0 fully saturated rings. The van der Waals surface area contributed by atoms with Crippen molar-refractivity contribution in [1.82, 2.24) is 0 Å². The number of aryl methyl sites for hydroxylation is 2. The molecule has 0 unspecified atom stereocenters. The highest BCUT2D eigenvalue weighted by molar-refractivity contribution is 5.41. The molecule has 1 aromatic carbocycles. The summed E-state index contributed by atoms with van der Waals surface area (Å²) < 4.78 is 0. The number of hydrogen-bond donors (Lipinski definition) is 1. The lowest BCUT2D eigenvalue weighted by atomic mass is 10.0. The largest absolute Gasteiger partial charge is 0.326 e. The summed E-state index contributed by atoms with van der Waals surface area (Å²) in [4.78, 5) is 0. The van der Waals surface area contributed by atoms with Crippen molar-refractivity contribution in [3.05, 3.63) is 34.4 Å². The Morgan fingerprint density at radius 1 is 1.33 bits per heavy atom. The number of hydrogen-bond acceptors (Lipinski definition) is 1. The van der Waals surface area contributed by atoms with Gasteiger partial charge in [-0.05, 0) is 48.4 Å². The third-order valence-corrected chi connectivity index (χ3v) is 2.73. The fourth-order valence-corrected chi connectivity index (χ4v) is 2.13. The molecule has 0 heterocycles. The van der Waals surface area contributed by atoms with E-state index in [-0.39, 0.29) is 0 Å². The first-order valence-corrected chi connectivity index (χ1v) is 4.62. The van der Waals surface area contributed by atoms with Gasteiger partial charge in [0.1, 0.15) is 0 Å². The summed E-state index contributed by atoms with van der Waals surface area (Å²) in [5.41, 5.74) is 11.4. The average Bonchev–Trinajstić information content (AvgIpc) is 2.52. The number of fused-ring (bicyclic) bond motifs is 1. The average molecular weight is 161 g/mol. The molecule has 0 saturated heterocycles. The molecular weight excluding hydrogens is 146 g/mol. The van der Waals surface area contributed by atoms with Gasteiger partial charge in [0.05, 0.1) is 0 Å². The van der Waals surface area contributed by atoms with Crippen LogP contribution in [0.2, 0.25) is 0 Å². The van der Waals surface area contributed by atoms with Crippen LogP contribution in [0.1, 0.15) is 28.7 Å². The molecule has 0 radical (unpaired) electrons. The SMILES string of the molecule is Cc1cc(CN)cc2c1CCC2. The molecule has 1 nitrogen and oxygen atoms in total. The van der Waals surface area contributed by atoms with Crippen LogP contribution < -0.4 is 5.73 Å². The standard InChI is InChI=1S/C11H15N/c1-8-5-9(7-12)6-10-3-2-4-11(8)10/h5-6H,2-4,7,12H2,1H3. The molecule has 1 aromatic rings. The van der Waals surface area contributed by atoms with Gasteiger partial charge in [-0.25, -0.2) is 0 Å². The van der Waals surface area contributed by atoms with Gasteiger partial charge >= 0.3 is 0 Å². The van der Waals surface area contributed by atoms with E-state index in [4.69, 9.17) is 5.73 Å². The maximum atomic E-state index is 5.61. The Labute approximate surface area is 73.6 Å². The smallest absolute Gasteiger partial charge is 0.0178 e. The fourth-order valence-electron chi connectivity index (χ4n) is 2.13. The zero-order chi connectivity index (χ0) is 8.55. The highest BCUT2D eigenvalue weighted by atomic mass is 14.5. The van der Waals surface area contributed by atoms with Gasteiger partial charge < -0.3 is 5.73 Å². The van der Waals surface area contributed by atoms with Gasteiger partial charge in [0.25, 0.3) is 0 Å². The van der Waals surface area contributed by atoms with E-state index < -0.39 is 0 Å². The highest BCUT2D eigenvalue weighted by Gasteiger charge is 2.13. The summed E-state index contributed by atoms with van der Waals surface area (Å²) in [7, 11) is 0. The fraction of sp³-hybridized carbons (Fsp3) is 0.455. The van der Waals surface area contributed by atoms with E-state index >= 15 is 0 Å². The molecule has 0 spiro atoms. The van der Waals surface area contributed by atoms with Crippen molar-refractivity contribution in [2.24, 2.45) is 5.73 Å². The third kappa shape index (κ3) is 1.14. The van der Waals surface area contributed by atoms with Crippen LogP contribution in [-0.4, -0.2) is 0 Å². The number of rotatable bonds is 1. The summed E-state index contributed by atoms with van der Waals surface area (Å²) in [6, 6.07) is 4.50. The Hall–Kier alpha value is -0.820. The van der Waals surface area contributed by atoms with E-state index in [2.05, 4.69) is 19.1 Å². The summed E-state index contributed by atoms with van der Waals surface area (Å²) in [6.07, 6.45) is 3.85. The number of nitrogens with two attached hydrogens (primary N) is 1. The Morgan fingerprint density at radius 2 is 2.17 bits per heavy atom. The molecule has 0 bridgehead atoms. The van der Waals surface area contributed by atoms with E-state index in [1.54, 1.807) is 5.56 Å². The van der Waals surface area contributed by atoms with Gasteiger partial charge in [0, 0.05) is 6.54 Å². The summed E-state index contributed by atoms with van der Waals surface area (Å²) in [5, 5.41) is 0. The minimum atomic E-state index is 0.675. The van der Waals surface area contributed by atoms with Crippen LogP contribution >= 0.6 is 0 Å². The first-order valence-electron chi connectivity index (χ1n) is 4.62. The lowest BCUT2D eigenvalue weighted by molar-refractivity contribution is 0.909. The van der Waals surface area contributed by atoms with Crippen molar-refractivity contribution in [3.8, 4) is 0 Å². The van der Waals surface area contributed by atoms with Crippen molar-refractivity contribution in [3.63, 3.8) is 0 Å². The van der Waals surface area contributed by atoms with Gasteiger partial charge in [-0.1, -0.05) is 12.1 Å². The lowest BCUT2D eigenvalue weighted by Gasteiger charge is -2.06. The van der Waals surface area contributed by atoms with Crippen molar-refractivity contribution < 1.29 is 0 Å². The molecule has 0 amide bonds. The van der Waals surface area contributed by atoms with Crippen molar-refractivity contribution >= 4 is 0 Å². The summed E-state index contributed by atoms with van der Waals surface area (Å²) in [5.74, 6) is 0. The second kappa shape index (κ2) is 2.91. The van der Waals surface area contributed by atoms with E-state index in [1.807, 2.05) is 0 Å². The highest BCUT2D eigenvalue weighted by Crippen LogP contribution is 2.26. The van der Waals surface area contributed by atoms with Gasteiger partial charge in [-0.15, -0.1) is 0 Å². The molecular formula is C11H15N. The van der Waals surface area contributed by atoms with Crippen LogP contribution in [0.15, 0.2) is 12.1 Å². The molecule has 12 heavy (non-hydrogen) atoms. The van der Waals surface area contributed by atoms with Crippen LogP contribution in [0, 0.1) is 6.92 Å². The normalized spacial score (nSPS) is 14.8. The summed E-state index contributed by atoms with van der Waals surface area (Å²) >= 11 is 0. The molecule has 2 N–H and O–H groups in total. The van der Waals surface area contributed by atoms with Gasteiger partial charge in [0.15, 0.2) is 0 Å². The second-order valence-corrected chi connectivity index (χ2v) is 3.61. The zero-order valence-electron chi connectivity index (χ0n) is 7.56. The van der Waals surface area contributed by atoms with Crippen molar-refractivity contribution in [2.45, 2.75) is 32.7 Å². The predicted molar refractivity (Wildman–Crippen MR) is 51.1 cm³/mol. The Morgan fingerprint density at radius 3 is 2.92 bits per heavy atom. The molecule has 0 aliphatic heterocycles. The summed E-state index contributed by atoms with van der Waals surface area (Å²) in [6.45, 7) is 2.87. The topological polar surface area (TPSA) is 26.0 Å². The van der Waals surface area contributed by atoms with Gasteiger partial charge in [-0.2, -0.15) is 0 Å². The van der Waals surface area contributed by atoms with Crippen LogP contribution in [-0.2, 0) is 19.4 Å². The Bertz CT molecular complexity index is 302. The Kier molecular flexibility index (Phi) is 1.89. The molecule has 0 atom stereocenters. The minimum absolute atomic E-state index is 0.675. The lowest BCUT2D eigenvalue weighted by Crippen LogP contribution is -1.99. The van der Waals surface area contributed by atoms with E-state index in [9.17, 15) is 0 Å². The first kappa shape index (κ1) is 7.81. The van der Waals surface area contributed by atoms with E-state index in [0.717, 1.165) is 0 Å². The van der Waals surface area contributed by atoms with Crippen molar-refractivity contribution in [1.29, 1.82) is 0 Å². The molecule has 1 aliphatic rings. The maximum Gasteiger partial charge on any atom is 0.0178 e. The third-order valence-electron chi connectivity index (χ3n) is 2.73. The molecule has 2 rings (SSSR count). The van der Waals surface area contributed by atoms with Crippen LogP contribution in [0.5, 0.6) is 0 Å². The van der Waals surface area contributed by atoms with Crippen LogP contribution in [0.4, 0.5) is 0 Å². The Balaban J connectivity index is 2.51. The zero-order valence-corrected chi connectivity index (χ0v) is 7.56. The maximum absolute atomic E-state index is 5.61. The quantitative estimate of drug-likeness (QED) is 0.669. The second-order valence-electron chi connectivity index (χ2n) is 3.61. The first-order chi connectivity index (χ1) is 5.81. The molecule has 1 aliphatic carbocycles. The van der Waals surface area contributed by atoms with E-state index in [1.165, 1.54) is 36.0 Å². The predicted octanol–water partition coefficient (Wildman–Crippen LogP) is 1.94. The molecule has 1 heteroatoms. The number of benzene rings is 1. The van der Waals surface area contributed by atoms with Crippen LogP contribution in [0.25, 0.3) is 0 Å². The minimum Gasteiger partial charge on any atom is -0.326 e. The van der Waals surface area contributed by atoms with Gasteiger partial charge in [0.2, 0.25) is 0 Å². The monoisotopic (exact) mass is 161 g/mol. The van der Waals surface area contributed by atoms with Gasteiger partial charge in [-0.3, -0.25) is 0 Å². The molecule has 0 saturated carbocycles. The van der Waals surface area contributed by atoms with Crippen LogP contribution in [0.3, 0.4) is 0 Å². The molecule has 64 valence electrons. The van der Waals surface area contributed by atoms with Crippen molar-refractivity contribution in [2.75, 3.05) is 0 Å². The molecule has 0 aromatic heterocycles.